The quantitative estimate of drug-likeness (QED) is 0.323. The maximum absolute atomic E-state index is 12.7. The van der Waals surface area contributed by atoms with Gasteiger partial charge < -0.3 is 21.1 Å². The Balaban J connectivity index is 1.57. The fourth-order valence-electron chi connectivity index (χ4n) is 4.30. The summed E-state index contributed by atoms with van der Waals surface area (Å²) in [6.07, 6.45) is 1.49. The number of nitrogens with zero attached hydrogens (tertiary/aromatic N) is 2. The van der Waals surface area contributed by atoms with Crippen molar-refractivity contribution in [3.05, 3.63) is 32.6 Å². The fourth-order valence-corrected chi connectivity index (χ4v) is 5.49. The lowest BCUT2D eigenvalue weighted by atomic mass is 10.0. The van der Waals surface area contributed by atoms with Gasteiger partial charge in [0.25, 0.3) is 0 Å². The lowest BCUT2D eigenvalue weighted by Gasteiger charge is -2.21. The predicted molar refractivity (Wildman–Crippen MR) is 128 cm³/mol. The first kappa shape index (κ1) is 25.0. The van der Waals surface area contributed by atoms with Crippen LogP contribution < -0.4 is 16.0 Å². The number of halogens is 4. The Hall–Kier alpha value is -2.06. The topological polar surface area (TPSA) is 82.1 Å². The number of hydrogen-bond acceptors (Lipinski definition) is 7. The maximum atomic E-state index is 12.7. The molecule has 1 saturated carbocycles. The molecule has 3 atom stereocenters. The van der Waals surface area contributed by atoms with Crippen LogP contribution in [0.2, 0.25) is 5.15 Å². The molecular weight excluding hydrogens is 487 g/mol. The lowest BCUT2D eigenvalue weighted by molar-refractivity contribution is -0.115. The molecule has 4 N–H and O–H groups in total. The van der Waals surface area contributed by atoms with Crippen LogP contribution in [0.3, 0.4) is 0 Å². The van der Waals surface area contributed by atoms with Gasteiger partial charge in [-0.3, -0.25) is 0 Å². The third-order valence-corrected chi connectivity index (χ3v) is 7.43. The minimum absolute atomic E-state index is 0.0166. The van der Waals surface area contributed by atoms with E-state index in [-0.39, 0.29) is 29.7 Å². The molecule has 0 aromatic carbocycles. The number of thiophene rings is 1. The summed E-state index contributed by atoms with van der Waals surface area (Å²) in [7, 11) is 0. The molecule has 2 fully saturated rings. The summed E-state index contributed by atoms with van der Waals surface area (Å²) in [4.78, 5) is 10.3. The Morgan fingerprint density at radius 3 is 2.74 bits per heavy atom. The van der Waals surface area contributed by atoms with Gasteiger partial charge in [-0.05, 0) is 56.7 Å². The number of hydrogen-bond donors (Lipinski definition) is 4. The van der Waals surface area contributed by atoms with Crippen LogP contribution in [0, 0.1) is 17.8 Å². The predicted octanol–water partition coefficient (Wildman–Crippen LogP) is 4.95. The van der Waals surface area contributed by atoms with Gasteiger partial charge in [-0.15, -0.1) is 11.3 Å². The molecule has 2 aromatic heterocycles. The van der Waals surface area contributed by atoms with E-state index in [4.69, 9.17) is 11.6 Å². The molecular formula is C23H27ClF3N5OS. The average molecular weight is 514 g/mol. The van der Waals surface area contributed by atoms with Crippen LogP contribution >= 0.6 is 22.9 Å². The van der Waals surface area contributed by atoms with Gasteiger partial charge in [0.1, 0.15) is 17.9 Å². The number of anilines is 2. The molecule has 4 rings (SSSR count). The zero-order chi connectivity index (χ0) is 24.1. The number of alkyl halides is 3. The van der Waals surface area contributed by atoms with E-state index in [9.17, 15) is 18.3 Å². The van der Waals surface area contributed by atoms with E-state index >= 15 is 0 Å². The van der Waals surface area contributed by atoms with Gasteiger partial charge in [0.05, 0.1) is 4.88 Å². The minimum atomic E-state index is -4.41. The van der Waals surface area contributed by atoms with Crippen molar-refractivity contribution in [2.24, 2.45) is 5.92 Å². The monoisotopic (exact) mass is 513 g/mol. The standard InChI is InChI=1S/C23H27ClF3N5OS/c24-20-17(8-6-16-7-9-19(34-16)18-3-1-2-10-28-18)21(30-15-5-4-14(11-15)12-33)32-22(31-20)29-13-23(25,26)27/h7,9,14-15,18,28,33H,1-5,10-13H2,(H2,29,30,31,32). The Kier molecular flexibility index (Phi) is 8.19. The van der Waals surface area contributed by atoms with E-state index in [1.807, 2.05) is 6.07 Å². The number of piperidine rings is 1. The summed E-state index contributed by atoms with van der Waals surface area (Å²) >= 11 is 7.97. The van der Waals surface area contributed by atoms with Crippen molar-refractivity contribution in [2.75, 3.05) is 30.3 Å². The molecule has 34 heavy (non-hydrogen) atoms. The molecule has 0 amide bonds. The second kappa shape index (κ2) is 11.1. The zero-order valence-electron chi connectivity index (χ0n) is 18.5. The highest BCUT2D eigenvalue weighted by Crippen LogP contribution is 2.31. The van der Waals surface area contributed by atoms with E-state index in [0.717, 1.165) is 37.1 Å². The molecule has 6 nitrogen and oxygen atoms in total. The smallest absolute Gasteiger partial charge is 0.396 e. The number of aliphatic hydroxyl groups is 1. The number of rotatable bonds is 6. The third-order valence-electron chi connectivity index (χ3n) is 6.04. The van der Waals surface area contributed by atoms with E-state index in [0.29, 0.717) is 17.4 Å². The van der Waals surface area contributed by atoms with Gasteiger partial charge in [0.15, 0.2) is 5.15 Å². The third kappa shape index (κ3) is 6.75. The molecule has 2 aliphatic rings. The van der Waals surface area contributed by atoms with Gasteiger partial charge in [-0.1, -0.05) is 29.9 Å². The van der Waals surface area contributed by atoms with Crippen LogP contribution in [0.5, 0.6) is 0 Å². The summed E-state index contributed by atoms with van der Waals surface area (Å²) in [6.45, 7) is -0.153. The molecule has 11 heteroatoms. The van der Waals surface area contributed by atoms with Crippen LogP contribution in [0.15, 0.2) is 12.1 Å². The summed E-state index contributed by atoms with van der Waals surface area (Å²) in [5.41, 5.74) is 0.345. The molecule has 184 valence electrons. The van der Waals surface area contributed by atoms with E-state index < -0.39 is 12.7 Å². The Labute approximate surface area is 205 Å². The maximum Gasteiger partial charge on any atom is 0.405 e. The van der Waals surface area contributed by atoms with Gasteiger partial charge in [-0.2, -0.15) is 23.1 Å². The number of aliphatic hydroxyl groups excluding tert-OH is 1. The summed E-state index contributed by atoms with van der Waals surface area (Å²) in [5, 5.41) is 18.4. The van der Waals surface area contributed by atoms with Gasteiger partial charge >= 0.3 is 6.18 Å². The summed E-state index contributed by atoms with van der Waals surface area (Å²) < 4.78 is 38.0. The molecule has 0 spiro atoms. The minimum Gasteiger partial charge on any atom is -0.396 e. The van der Waals surface area contributed by atoms with Gasteiger partial charge in [-0.25, -0.2) is 0 Å². The molecule has 3 heterocycles. The molecule has 3 unspecified atom stereocenters. The largest absolute Gasteiger partial charge is 0.405 e. The average Bonchev–Trinajstić information content (AvgIpc) is 3.47. The highest BCUT2D eigenvalue weighted by molar-refractivity contribution is 7.12. The van der Waals surface area contributed by atoms with Crippen LogP contribution in [0.4, 0.5) is 24.9 Å². The SMILES string of the molecule is OCC1CCC(Nc2nc(NCC(F)(F)F)nc(Cl)c2C#Cc2ccc(C3CCCCN3)s2)C1. The van der Waals surface area contributed by atoms with Crippen LogP contribution in [0.25, 0.3) is 0 Å². The number of aromatic nitrogens is 2. The van der Waals surface area contributed by atoms with Crippen LogP contribution in [-0.4, -0.2) is 47.0 Å². The van der Waals surface area contributed by atoms with Crippen molar-refractivity contribution in [1.82, 2.24) is 15.3 Å². The van der Waals surface area contributed by atoms with Gasteiger partial charge in [0, 0.05) is 23.6 Å². The first-order valence-corrected chi connectivity index (χ1v) is 12.6. The van der Waals surface area contributed by atoms with E-state index in [1.165, 1.54) is 17.7 Å². The van der Waals surface area contributed by atoms with Crippen molar-refractivity contribution >= 4 is 34.7 Å². The Morgan fingerprint density at radius 1 is 1.18 bits per heavy atom. The Morgan fingerprint density at radius 2 is 2.03 bits per heavy atom. The van der Waals surface area contributed by atoms with Crippen molar-refractivity contribution < 1.29 is 18.3 Å². The highest BCUT2D eigenvalue weighted by Gasteiger charge is 2.28. The molecule has 0 radical (unpaired) electrons. The van der Waals surface area contributed by atoms with Crippen molar-refractivity contribution in [3.8, 4) is 11.8 Å². The molecule has 1 saturated heterocycles. The molecule has 0 bridgehead atoms. The molecule has 2 aromatic rings. The van der Waals surface area contributed by atoms with Crippen molar-refractivity contribution in [2.45, 2.75) is 56.8 Å². The summed E-state index contributed by atoms with van der Waals surface area (Å²) in [5.74, 6) is 6.42. The second-order valence-electron chi connectivity index (χ2n) is 8.69. The van der Waals surface area contributed by atoms with Crippen molar-refractivity contribution in [3.63, 3.8) is 0 Å². The zero-order valence-corrected chi connectivity index (χ0v) is 20.1. The van der Waals surface area contributed by atoms with Gasteiger partial charge in [0.2, 0.25) is 5.95 Å². The fraction of sp³-hybridized carbons (Fsp3) is 0.565. The second-order valence-corrected chi connectivity index (χ2v) is 10.2. The Bertz CT molecular complexity index is 1050. The van der Waals surface area contributed by atoms with Crippen LogP contribution in [-0.2, 0) is 0 Å². The lowest BCUT2D eigenvalue weighted by Crippen LogP contribution is -2.25. The normalized spacial score (nSPS) is 22.8. The van der Waals surface area contributed by atoms with Crippen LogP contribution in [0.1, 0.15) is 59.9 Å². The van der Waals surface area contributed by atoms with E-state index in [1.54, 1.807) is 11.3 Å². The molecule has 1 aliphatic carbocycles. The first-order valence-electron chi connectivity index (χ1n) is 11.4. The number of nitrogens with one attached hydrogen (secondary N) is 3. The van der Waals surface area contributed by atoms with E-state index in [2.05, 4.69) is 43.8 Å². The highest BCUT2D eigenvalue weighted by atomic mass is 35.5. The summed E-state index contributed by atoms with van der Waals surface area (Å²) in [6, 6.07) is 4.41. The first-order chi connectivity index (χ1) is 16.3. The van der Waals surface area contributed by atoms with Crippen molar-refractivity contribution in [1.29, 1.82) is 0 Å². The molecule has 1 aliphatic heterocycles.